The highest BCUT2D eigenvalue weighted by Crippen LogP contribution is 2.57. The molecule has 0 aliphatic heterocycles. The molecule has 2 aliphatic carbocycles. The van der Waals surface area contributed by atoms with Gasteiger partial charge in [-0.25, -0.2) is 0 Å². The number of hydrogen-bond donors (Lipinski definition) is 2. The van der Waals surface area contributed by atoms with Crippen molar-refractivity contribution in [1.82, 2.24) is 5.43 Å². The fourth-order valence-electron chi connectivity index (χ4n) is 3.87. The highest BCUT2D eigenvalue weighted by atomic mass is 15.2. The molecule has 0 amide bonds. The zero-order valence-corrected chi connectivity index (χ0v) is 10.2. The quantitative estimate of drug-likeness (QED) is 0.541. The van der Waals surface area contributed by atoms with Crippen LogP contribution in [0.1, 0.15) is 52.4 Å². The van der Waals surface area contributed by atoms with E-state index in [9.17, 15) is 0 Å². The summed E-state index contributed by atoms with van der Waals surface area (Å²) < 4.78 is 0. The predicted octanol–water partition coefficient (Wildman–Crippen LogP) is 2.69. The molecule has 2 fully saturated rings. The maximum Gasteiger partial charge on any atom is 0.0269 e. The van der Waals surface area contributed by atoms with Crippen molar-refractivity contribution in [2.45, 2.75) is 58.4 Å². The number of nitrogens with two attached hydrogens (primary N) is 1. The van der Waals surface area contributed by atoms with Gasteiger partial charge in [-0.2, -0.15) is 0 Å². The van der Waals surface area contributed by atoms with Crippen LogP contribution < -0.4 is 11.3 Å². The molecular weight excluding hydrogens is 184 g/mol. The average molecular weight is 210 g/mol. The molecule has 88 valence electrons. The Bertz CT molecular complexity index is 193. The highest BCUT2D eigenvalue weighted by Gasteiger charge is 2.54. The maximum atomic E-state index is 5.75. The molecule has 4 unspecified atom stereocenters. The van der Waals surface area contributed by atoms with Gasteiger partial charge < -0.3 is 0 Å². The van der Waals surface area contributed by atoms with Crippen molar-refractivity contribution in [3.63, 3.8) is 0 Å². The van der Waals surface area contributed by atoms with Gasteiger partial charge in [0.2, 0.25) is 0 Å². The fraction of sp³-hybridized carbons (Fsp3) is 1.00. The minimum Gasteiger partial charge on any atom is -0.271 e. The van der Waals surface area contributed by atoms with Crippen molar-refractivity contribution in [1.29, 1.82) is 0 Å². The summed E-state index contributed by atoms with van der Waals surface area (Å²) in [5.41, 5.74) is 3.10. The fourth-order valence-corrected chi connectivity index (χ4v) is 3.87. The van der Waals surface area contributed by atoms with Crippen LogP contribution in [0, 0.1) is 23.7 Å². The molecule has 2 aliphatic rings. The molecule has 0 radical (unpaired) electrons. The molecule has 4 atom stereocenters. The van der Waals surface area contributed by atoms with Crippen LogP contribution in [0.15, 0.2) is 0 Å². The lowest BCUT2D eigenvalue weighted by Gasteiger charge is -2.23. The summed E-state index contributed by atoms with van der Waals surface area (Å²) in [6, 6.07) is 0.582. The molecule has 15 heavy (non-hydrogen) atoms. The van der Waals surface area contributed by atoms with Gasteiger partial charge in [0.05, 0.1) is 0 Å². The summed E-state index contributed by atoms with van der Waals surface area (Å²) in [6.07, 6.45) is 8.43. The van der Waals surface area contributed by atoms with Crippen molar-refractivity contribution in [3.8, 4) is 0 Å². The summed E-state index contributed by atoms with van der Waals surface area (Å²) in [4.78, 5) is 0. The van der Waals surface area contributed by atoms with Gasteiger partial charge >= 0.3 is 0 Å². The van der Waals surface area contributed by atoms with Crippen molar-refractivity contribution in [2.75, 3.05) is 0 Å². The number of nitrogens with one attached hydrogen (secondary N) is 1. The Balaban J connectivity index is 1.90. The van der Waals surface area contributed by atoms with Crippen molar-refractivity contribution in [2.24, 2.45) is 29.5 Å². The Morgan fingerprint density at radius 2 is 1.87 bits per heavy atom. The largest absolute Gasteiger partial charge is 0.271 e. The summed E-state index contributed by atoms with van der Waals surface area (Å²) in [7, 11) is 0. The van der Waals surface area contributed by atoms with Gasteiger partial charge in [0.1, 0.15) is 0 Å². The van der Waals surface area contributed by atoms with Crippen molar-refractivity contribution >= 4 is 0 Å². The normalized spacial score (nSPS) is 38.2. The van der Waals surface area contributed by atoms with Crippen LogP contribution in [0.4, 0.5) is 0 Å². The number of hydrazine groups is 1. The van der Waals surface area contributed by atoms with E-state index >= 15 is 0 Å². The Labute approximate surface area is 94.0 Å². The van der Waals surface area contributed by atoms with Crippen LogP contribution in [-0.2, 0) is 0 Å². The molecule has 0 saturated heterocycles. The van der Waals surface area contributed by atoms with E-state index < -0.39 is 0 Å². The standard InChI is InChI=1S/C13H26N2/c1-3-6-9(2)13(15-14)12-10-7-4-5-8-11(10)12/h9-13,15H,3-8,14H2,1-2H3. The Hall–Kier alpha value is -0.0800. The van der Waals surface area contributed by atoms with Gasteiger partial charge in [0.25, 0.3) is 0 Å². The smallest absolute Gasteiger partial charge is 0.0269 e. The van der Waals surface area contributed by atoms with Gasteiger partial charge in [-0.1, -0.05) is 33.1 Å². The zero-order chi connectivity index (χ0) is 10.8. The Morgan fingerprint density at radius 3 is 2.33 bits per heavy atom. The molecule has 2 saturated carbocycles. The van der Waals surface area contributed by atoms with Crippen LogP contribution in [0.5, 0.6) is 0 Å². The highest BCUT2D eigenvalue weighted by molar-refractivity contribution is 5.05. The van der Waals surface area contributed by atoms with Gasteiger partial charge in [-0.15, -0.1) is 0 Å². The average Bonchev–Trinajstić information content (AvgIpc) is 2.95. The van der Waals surface area contributed by atoms with Crippen LogP contribution in [0.25, 0.3) is 0 Å². The van der Waals surface area contributed by atoms with Crippen LogP contribution >= 0.6 is 0 Å². The zero-order valence-electron chi connectivity index (χ0n) is 10.2. The van der Waals surface area contributed by atoms with E-state index in [0.29, 0.717) is 6.04 Å². The third-order valence-corrected chi connectivity index (χ3v) is 4.69. The second kappa shape index (κ2) is 4.84. The predicted molar refractivity (Wildman–Crippen MR) is 64.1 cm³/mol. The molecule has 0 spiro atoms. The van der Waals surface area contributed by atoms with E-state index in [1.807, 2.05) is 0 Å². The van der Waals surface area contributed by atoms with E-state index in [0.717, 1.165) is 23.7 Å². The first kappa shape index (κ1) is 11.4. The summed E-state index contributed by atoms with van der Waals surface area (Å²) in [5.74, 6) is 9.42. The third-order valence-electron chi connectivity index (χ3n) is 4.69. The lowest BCUT2D eigenvalue weighted by Crippen LogP contribution is -2.42. The number of fused-ring (bicyclic) bond motifs is 1. The molecule has 3 N–H and O–H groups in total. The molecule has 0 aromatic rings. The molecule has 0 bridgehead atoms. The molecule has 2 heteroatoms. The van der Waals surface area contributed by atoms with E-state index in [4.69, 9.17) is 5.84 Å². The second-order valence-corrected chi connectivity index (χ2v) is 5.65. The Kier molecular flexibility index (Phi) is 3.68. The molecule has 0 heterocycles. The summed E-state index contributed by atoms with van der Waals surface area (Å²) >= 11 is 0. The third kappa shape index (κ3) is 2.21. The topological polar surface area (TPSA) is 38.0 Å². The minimum absolute atomic E-state index is 0.582. The van der Waals surface area contributed by atoms with Crippen LogP contribution in [-0.4, -0.2) is 6.04 Å². The van der Waals surface area contributed by atoms with E-state index in [-0.39, 0.29) is 0 Å². The van der Waals surface area contributed by atoms with Crippen LogP contribution in [0.2, 0.25) is 0 Å². The monoisotopic (exact) mass is 210 g/mol. The first-order valence-corrected chi connectivity index (χ1v) is 6.75. The van der Waals surface area contributed by atoms with Gasteiger partial charge in [-0.05, 0) is 42.9 Å². The number of rotatable bonds is 5. The minimum atomic E-state index is 0.582. The van der Waals surface area contributed by atoms with Crippen molar-refractivity contribution < 1.29 is 0 Å². The van der Waals surface area contributed by atoms with E-state index in [1.165, 1.54) is 38.5 Å². The van der Waals surface area contributed by atoms with Crippen molar-refractivity contribution in [3.05, 3.63) is 0 Å². The SMILES string of the molecule is CCCC(C)C(NN)C1C2CCCCC21. The first-order chi connectivity index (χ1) is 7.29. The van der Waals surface area contributed by atoms with Gasteiger partial charge in [0, 0.05) is 6.04 Å². The molecule has 2 rings (SSSR count). The van der Waals surface area contributed by atoms with E-state index in [1.54, 1.807) is 0 Å². The maximum absolute atomic E-state index is 5.75. The molecule has 0 aromatic carbocycles. The first-order valence-electron chi connectivity index (χ1n) is 6.75. The lowest BCUT2D eigenvalue weighted by atomic mass is 9.92. The molecule has 2 nitrogen and oxygen atoms in total. The van der Waals surface area contributed by atoms with E-state index in [2.05, 4.69) is 19.3 Å². The number of hydrogen-bond acceptors (Lipinski definition) is 2. The van der Waals surface area contributed by atoms with Gasteiger partial charge in [0.15, 0.2) is 0 Å². The second-order valence-electron chi connectivity index (χ2n) is 5.65. The lowest BCUT2D eigenvalue weighted by molar-refractivity contribution is 0.308. The Morgan fingerprint density at radius 1 is 1.27 bits per heavy atom. The summed E-state index contributed by atoms with van der Waals surface area (Å²) in [5, 5.41) is 0. The summed E-state index contributed by atoms with van der Waals surface area (Å²) in [6.45, 7) is 4.63. The molecule has 0 aromatic heterocycles. The molecular formula is C13H26N2. The van der Waals surface area contributed by atoms with Gasteiger partial charge in [-0.3, -0.25) is 11.3 Å². The van der Waals surface area contributed by atoms with Crippen LogP contribution in [0.3, 0.4) is 0 Å².